The summed E-state index contributed by atoms with van der Waals surface area (Å²) in [6, 6.07) is 15.0. The minimum absolute atomic E-state index is 0.0583. The molecule has 2 aromatic carbocycles. The van der Waals surface area contributed by atoms with Crippen LogP contribution in [0, 0.1) is 17.1 Å². The van der Waals surface area contributed by atoms with Crippen molar-refractivity contribution < 1.29 is 9.13 Å². The summed E-state index contributed by atoms with van der Waals surface area (Å²) >= 11 is 0. The third-order valence-electron chi connectivity index (χ3n) is 3.83. The van der Waals surface area contributed by atoms with E-state index >= 15 is 0 Å². The van der Waals surface area contributed by atoms with Crippen molar-refractivity contribution in [2.45, 2.75) is 13.3 Å². The Morgan fingerprint density at radius 1 is 1.31 bits per heavy atom. The maximum Gasteiger partial charge on any atom is 0.270 e. The van der Waals surface area contributed by atoms with Crippen molar-refractivity contribution in [3.05, 3.63) is 75.8 Å². The molecular formula is C21H18FN5O2. The van der Waals surface area contributed by atoms with Crippen molar-refractivity contribution in [3.63, 3.8) is 0 Å². The Bertz CT molecular complexity index is 1120. The number of hydrogen-bond acceptors (Lipinski definition) is 6. The number of H-pyrrole nitrogens is 1. The van der Waals surface area contributed by atoms with Gasteiger partial charge >= 0.3 is 0 Å². The molecule has 3 aromatic rings. The second-order valence-electron chi connectivity index (χ2n) is 6.05. The maximum atomic E-state index is 13.7. The molecule has 3 rings (SSSR count). The lowest BCUT2D eigenvalue weighted by Gasteiger charge is -2.07. The Labute approximate surface area is 166 Å². The number of rotatable bonds is 7. The van der Waals surface area contributed by atoms with E-state index in [0.717, 1.165) is 6.42 Å². The lowest BCUT2D eigenvalue weighted by molar-refractivity contribution is 0.316. The number of aromatic nitrogens is 2. The summed E-state index contributed by atoms with van der Waals surface area (Å²) in [4.78, 5) is 19.0. The summed E-state index contributed by atoms with van der Waals surface area (Å²) in [5.74, 6) is 0.0175. The van der Waals surface area contributed by atoms with Gasteiger partial charge in [0.2, 0.25) is 5.95 Å². The van der Waals surface area contributed by atoms with Gasteiger partial charge in [-0.3, -0.25) is 9.78 Å². The number of halogens is 1. The standard InChI is InChI=1S/C21H18FN5O2/c1-2-8-29-17-10-14(9-16(22)11-17)13-24-27-21-25-19(15-6-4-3-5-7-15)18(12-23)20(28)26-21/h3-7,9-11,13H,2,8H2,1H3,(H2,25,26,27,28). The van der Waals surface area contributed by atoms with E-state index in [4.69, 9.17) is 4.74 Å². The average molecular weight is 391 g/mol. The van der Waals surface area contributed by atoms with Crippen LogP contribution in [0.15, 0.2) is 58.4 Å². The molecule has 146 valence electrons. The van der Waals surface area contributed by atoms with Gasteiger partial charge in [-0.15, -0.1) is 0 Å². The molecule has 0 atom stereocenters. The minimum Gasteiger partial charge on any atom is -0.493 e. The maximum absolute atomic E-state index is 13.7. The van der Waals surface area contributed by atoms with Crippen molar-refractivity contribution in [1.29, 1.82) is 5.26 Å². The van der Waals surface area contributed by atoms with Gasteiger partial charge in [-0.1, -0.05) is 37.3 Å². The summed E-state index contributed by atoms with van der Waals surface area (Å²) in [6.45, 7) is 2.44. The van der Waals surface area contributed by atoms with Gasteiger partial charge in [-0.2, -0.15) is 10.4 Å². The average Bonchev–Trinajstić information content (AvgIpc) is 2.72. The number of ether oxygens (including phenoxy) is 1. The summed E-state index contributed by atoms with van der Waals surface area (Å²) < 4.78 is 19.2. The molecule has 0 saturated carbocycles. The van der Waals surface area contributed by atoms with Gasteiger partial charge in [0.1, 0.15) is 23.2 Å². The number of nitriles is 1. The first kappa shape index (κ1) is 19.8. The Balaban J connectivity index is 1.84. The Morgan fingerprint density at radius 2 is 2.10 bits per heavy atom. The van der Waals surface area contributed by atoms with Crippen LogP contribution in [-0.4, -0.2) is 22.8 Å². The van der Waals surface area contributed by atoms with Crippen LogP contribution in [-0.2, 0) is 0 Å². The third kappa shape index (κ3) is 5.05. The summed E-state index contributed by atoms with van der Waals surface area (Å²) in [7, 11) is 0. The number of benzene rings is 2. The summed E-state index contributed by atoms with van der Waals surface area (Å²) in [6.07, 6.45) is 2.19. The highest BCUT2D eigenvalue weighted by atomic mass is 19.1. The fourth-order valence-electron chi connectivity index (χ4n) is 2.56. The molecule has 0 spiro atoms. The van der Waals surface area contributed by atoms with Gasteiger partial charge in [0.25, 0.3) is 5.56 Å². The molecular weight excluding hydrogens is 373 g/mol. The number of nitrogens with zero attached hydrogens (tertiary/aromatic N) is 3. The van der Waals surface area contributed by atoms with Crippen LogP contribution in [0.25, 0.3) is 11.3 Å². The topological polar surface area (TPSA) is 103 Å². The number of hydrogen-bond donors (Lipinski definition) is 2. The summed E-state index contributed by atoms with van der Waals surface area (Å²) in [5, 5.41) is 13.3. The molecule has 8 heteroatoms. The highest BCUT2D eigenvalue weighted by Crippen LogP contribution is 2.19. The molecule has 7 nitrogen and oxygen atoms in total. The largest absolute Gasteiger partial charge is 0.493 e. The van der Waals surface area contributed by atoms with E-state index in [1.807, 2.05) is 19.1 Å². The van der Waals surface area contributed by atoms with Crippen LogP contribution in [0.1, 0.15) is 24.5 Å². The van der Waals surface area contributed by atoms with Crippen molar-refractivity contribution in [3.8, 4) is 23.1 Å². The highest BCUT2D eigenvalue weighted by molar-refractivity contribution is 5.80. The quantitative estimate of drug-likeness (QED) is 0.472. The van der Waals surface area contributed by atoms with Crippen LogP contribution in [0.5, 0.6) is 5.75 Å². The normalized spacial score (nSPS) is 10.7. The van der Waals surface area contributed by atoms with Crippen molar-refractivity contribution in [2.24, 2.45) is 5.10 Å². The van der Waals surface area contributed by atoms with Gasteiger partial charge in [0.15, 0.2) is 0 Å². The summed E-state index contributed by atoms with van der Waals surface area (Å²) in [5.41, 5.74) is 3.29. The zero-order valence-electron chi connectivity index (χ0n) is 15.6. The minimum atomic E-state index is -0.583. The zero-order valence-corrected chi connectivity index (χ0v) is 15.6. The van der Waals surface area contributed by atoms with E-state index in [1.165, 1.54) is 18.3 Å². The number of aromatic amines is 1. The van der Waals surface area contributed by atoms with E-state index in [1.54, 1.807) is 30.3 Å². The van der Waals surface area contributed by atoms with Gasteiger partial charge in [0, 0.05) is 17.2 Å². The predicted molar refractivity (Wildman–Crippen MR) is 108 cm³/mol. The van der Waals surface area contributed by atoms with E-state index in [-0.39, 0.29) is 17.2 Å². The fraction of sp³-hybridized carbons (Fsp3) is 0.143. The van der Waals surface area contributed by atoms with E-state index in [2.05, 4.69) is 20.5 Å². The monoisotopic (exact) mass is 391 g/mol. The highest BCUT2D eigenvalue weighted by Gasteiger charge is 2.12. The molecule has 1 heterocycles. The molecule has 0 saturated heterocycles. The Kier molecular flexibility index (Phi) is 6.32. The number of hydrazone groups is 1. The third-order valence-corrected chi connectivity index (χ3v) is 3.83. The second kappa shape index (κ2) is 9.28. The first-order valence-corrected chi connectivity index (χ1v) is 8.93. The molecule has 0 aliphatic heterocycles. The predicted octanol–water partition coefficient (Wildman–Crippen LogP) is 3.68. The van der Waals surface area contributed by atoms with Gasteiger partial charge in [-0.05, 0) is 18.6 Å². The molecule has 0 aliphatic rings. The molecule has 2 N–H and O–H groups in total. The molecule has 0 radical (unpaired) electrons. The van der Waals surface area contributed by atoms with E-state index in [9.17, 15) is 14.4 Å². The molecule has 1 aromatic heterocycles. The lowest BCUT2D eigenvalue weighted by atomic mass is 10.1. The zero-order chi connectivity index (χ0) is 20.6. The van der Waals surface area contributed by atoms with Gasteiger partial charge in [-0.25, -0.2) is 14.8 Å². The van der Waals surface area contributed by atoms with Crippen molar-refractivity contribution in [2.75, 3.05) is 12.0 Å². The van der Waals surface area contributed by atoms with E-state index in [0.29, 0.717) is 23.5 Å². The van der Waals surface area contributed by atoms with Crippen molar-refractivity contribution in [1.82, 2.24) is 9.97 Å². The fourth-order valence-corrected chi connectivity index (χ4v) is 2.56. The Morgan fingerprint density at radius 3 is 2.83 bits per heavy atom. The first-order chi connectivity index (χ1) is 14.1. The van der Waals surface area contributed by atoms with Gasteiger partial charge in [0.05, 0.1) is 18.5 Å². The molecule has 29 heavy (non-hydrogen) atoms. The van der Waals surface area contributed by atoms with Crippen LogP contribution < -0.4 is 15.7 Å². The van der Waals surface area contributed by atoms with Crippen molar-refractivity contribution >= 4 is 12.2 Å². The van der Waals surface area contributed by atoms with Crippen LogP contribution in [0.4, 0.5) is 10.3 Å². The first-order valence-electron chi connectivity index (χ1n) is 8.93. The lowest BCUT2D eigenvalue weighted by Crippen LogP contribution is -2.16. The molecule has 0 fully saturated rings. The Hall–Kier alpha value is -3.99. The smallest absolute Gasteiger partial charge is 0.270 e. The molecule has 0 aliphatic carbocycles. The molecule has 0 bridgehead atoms. The van der Waals surface area contributed by atoms with Crippen LogP contribution >= 0.6 is 0 Å². The number of anilines is 1. The van der Waals surface area contributed by atoms with Gasteiger partial charge < -0.3 is 4.74 Å². The van der Waals surface area contributed by atoms with Crippen LogP contribution in [0.2, 0.25) is 0 Å². The van der Waals surface area contributed by atoms with E-state index < -0.39 is 11.4 Å². The number of nitrogens with one attached hydrogen (secondary N) is 2. The molecule has 0 unspecified atom stereocenters. The second-order valence-corrected chi connectivity index (χ2v) is 6.05. The SMILES string of the molecule is CCCOc1cc(F)cc(C=NNc2nc(-c3ccccc3)c(C#N)c(=O)[nH]2)c1. The van der Waals surface area contributed by atoms with Crippen LogP contribution in [0.3, 0.4) is 0 Å². The molecule has 0 amide bonds.